The van der Waals surface area contributed by atoms with Gasteiger partial charge in [0.1, 0.15) is 5.69 Å². The molecule has 1 fully saturated rings. The molecule has 4 rings (SSSR count). The third-order valence-electron chi connectivity index (χ3n) is 6.41. The summed E-state index contributed by atoms with van der Waals surface area (Å²) in [4.78, 5) is 42.1. The molecule has 3 aromatic rings. The number of carbonyl (C=O) groups excluding carboxylic acids is 3. The summed E-state index contributed by atoms with van der Waals surface area (Å²) in [5, 5.41) is 17.7. The number of carbonyl (C=O) groups is 3. The number of anilines is 1. The molecule has 0 radical (unpaired) electrons. The predicted octanol–water partition coefficient (Wildman–Crippen LogP) is 4.82. The van der Waals surface area contributed by atoms with E-state index in [1.54, 1.807) is 0 Å². The summed E-state index contributed by atoms with van der Waals surface area (Å²) in [6.07, 6.45) is -7.96. The second kappa shape index (κ2) is 11.8. The quantitative estimate of drug-likeness (QED) is 0.340. The molecule has 1 aliphatic rings. The van der Waals surface area contributed by atoms with Crippen LogP contribution in [0.5, 0.6) is 0 Å². The lowest BCUT2D eigenvalue weighted by molar-refractivity contribution is -0.169. The summed E-state index contributed by atoms with van der Waals surface area (Å²) in [5.74, 6) is -5.60. The van der Waals surface area contributed by atoms with Gasteiger partial charge >= 0.3 is 18.3 Å². The van der Waals surface area contributed by atoms with Gasteiger partial charge in [-0.2, -0.15) is 41.1 Å². The van der Waals surface area contributed by atoms with Crippen molar-refractivity contribution in [2.45, 2.75) is 37.7 Å². The van der Waals surface area contributed by atoms with Crippen LogP contribution in [0.2, 0.25) is 5.02 Å². The molecule has 3 amide bonds. The fraction of sp³-hybridized carbons (Fsp3) is 0.308. The first-order chi connectivity index (χ1) is 20.7. The predicted molar refractivity (Wildman–Crippen MR) is 147 cm³/mol. The van der Waals surface area contributed by atoms with Crippen LogP contribution in [-0.2, 0) is 20.7 Å². The average Bonchev–Trinajstić information content (AvgIpc) is 3.48. The van der Waals surface area contributed by atoms with Gasteiger partial charge in [0.05, 0.1) is 48.9 Å². The number of pyridine rings is 1. The van der Waals surface area contributed by atoms with Crippen molar-refractivity contribution in [3.63, 3.8) is 0 Å². The molecule has 1 saturated carbocycles. The van der Waals surface area contributed by atoms with Crippen molar-refractivity contribution in [2.24, 2.45) is 4.36 Å². The Balaban J connectivity index is 1.70. The normalized spacial score (nSPS) is 15.4. The minimum Gasteiger partial charge on any atom is -0.346 e. The van der Waals surface area contributed by atoms with E-state index < -0.39 is 62.5 Å². The van der Waals surface area contributed by atoms with E-state index in [1.807, 2.05) is 6.07 Å². The summed E-state index contributed by atoms with van der Waals surface area (Å²) in [7, 11) is -3.77. The first-order valence-electron chi connectivity index (χ1n) is 12.5. The molecule has 1 aromatic carbocycles. The molecule has 45 heavy (non-hydrogen) atoms. The monoisotopic (exact) mass is 675 g/mol. The zero-order chi connectivity index (χ0) is 33.5. The Labute approximate surface area is 255 Å². The van der Waals surface area contributed by atoms with Crippen molar-refractivity contribution in [1.29, 1.82) is 5.26 Å². The summed E-state index contributed by atoms with van der Waals surface area (Å²) < 4.78 is 94.8. The van der Waals surface area contributed by atoms with Crippen molar-refractivity contribution >= 4 is 44.7 Å². The van der Waals surface area contributed by atoms with Gasteiger partial charge in [0.25, 0.3) is 11.8 Å². The summed E-state index contributed by atoms with van der Waals surface area (Å²) in [6.45, 7) is 1.40. The molecule has 2 heterocycles. The van der Waals surface area contributed by atoms with Crippen LogP contribution in [-0.4, -0.2) is 60.4 Å². The van der Waals surface area contributed by atoms with Crippen molar-refractivity contribution in [3.05, 3.63) is 69.6 Å². The lowest BCUT2D eigenvalue weighted by atomic mass is 10.0. The highest BCUT2D eigenvalue weighted by molar-refractivity contribution is 7.93. The molecule has 1 aliphatic carbocycles. The Morgan fingerprint density at radius 2 is 1.82 bits per heavy atom. The number of hydrogen-bond donors (Lipinski definition) is 2. The number of nitrogens with one attached hydrogen (secondary N) is 2. The highest BCUT2D eigenvalue weighted by Crippen LogP contribution is 2.38. The number of benzene rings is 1. The first kappa shape index (κ1) is 33.4. The number of hydrogen-bond acceptors (Lipinski definition) is 7. The van der Waals surface area contributed by atoms with Gasteiger partial charge in [0.15, 0.2) is 11.5 Å². The Bertz CT molecular complexity index is 1890. The van der Waals surface area contributed by atoms with Crippen LogP contribution in [0.25, 0.3) is 5.82 Å². The highest BCUT2D eigenvalue weighted by atomic mass is 35.5. The van der Waals surface area contributed by atoms with Gasteiger partial charge in [0, 0.05) is 18.5 Å². The van der Waals surface area contributed by atoms with Crippen LogP contribution in [0.4, 0.5) is 32.0 Å². The molecule has 0 saturated heterocycles. The Kier molecular flexibility index (Phi) is 8.74. The van der Waals surface area contributed by atoms with Crippen molar-refractivity contribution < 1.29 is 44.9 Å². The lowest BCUT2D eigenvalue weighted by Crippen LogP contribution is -2.42. The Hall–Kier alpha value is -4.50. The lowest BCUT2D eigenvalue weighted by Gasteiger charge is -2.20. The maximum atomic E-state index is 13.6. The van der Waals surface area contributed by atoms with E-state index in [0.29, 0.717) is 10.7 Å². The average molecular weight is 676 g/mol. The molecule has 1 unspecified atom stereocenters. The van der Waals surface area contributed by atoms with Crippen molar-refractivity contribution in [1.82, 2.24) is 20.1 Å². The van der Waals surface area contributed by atoms with Crippen LogP contribution < -0.4 is 10.6 Å². The second-order valence-corrected chi connectivity index (χ2v) is 12.9. The first-order valence-corrected chi connectivity index (χ1v) is 15.0. The van der Waals surface area contributed by atoms with Crippen molar-refractivity contribution in [3.8, 4) is 11.9 Å². The van der Waals surface area contributed by atoms with Crippen molar-refractivity contribution in [2.75, 3.05) is 17.3 Å². The largest absolute Gasteiger partial charge is 0.474 e. The number of halogens is 7. The number of rotatable bonds is 7. The molecule has 19 heteroatoms. The van der Waals surface area contributed by atoms with E-state index in [2.05, 4.69) is 25.1 Å². The van der Waals surface area contributed by atoms with Gasteiger partial charge < -0.3 is 10.6 Å². The van der Waals surface area contributed by atoms with Crippen LogP contribution in [0.1, 0.15) is 50.5 Å². The number of alkyl halides is 6. The van der Waals surface area contributed by atoms with Crippen LogP contribution >= 0.6 is 11.6 Å². The van der Waals surface area contributed by atoms with E-state index in [-0.39, 0.29) is 46.1 Å². The second-order valence-electron chi connectivity index (χ2n) is 10.1. The molecule has 11 nitrogen and oxygen atoms in total. The van der Waals surface area contributed by atoms with Crippen LogP contribution in [0.3, 0.4) is 0 Å². The molecule has 0 bridgehead atoms. The Morgan fingerprint density at radius 1 is 1.16 bits per heavy atom. The number of aromatic nitrogens is 3. The zero-order valence-electron chi connectivity index (χ0n) is 23.0. The third-order valence-corrected chi connectivity index (χ3v) is 8.35. The van der Waals surface area contributed by atoms with Crippen LogP contribution in [0.15, 0.2) is 40.9 Å². The minimum atomic E-state index is -5.35. The number of amides is 3. The van der Waals surface area contributed by atoms with E-state index in [9.17, 15) is 50.2 Å². The topological polar surface area (TPSA) is 159 Å². The van der Waals surface area contributed by atoms with Gasteiger partial charge in [0.2, 0.25) is 0 Å². The zero-order valence-corrected chi connectivity index (χ0v) is 24.6. The number of nitriles is 1. The van der Waals surface area contributed by atoms with Gasteiger partial charge in [-0.15, -0.1) is 0 Å². The fourth-order valence-corrected chi connectivity index (χ4v) is 6.39. The SMILES string of the molecule is Cc1cc(C#N)cc(C(=O)NC2(CS(C)(=O)=NC(=O)C(F)(F)F)CC2)c1NC(=O)c1cc(C(F)(F)F)nn1-c1ncccc1Cl. The molecule has 238 valence electrons. The molecular weight excluding hydrogens is 656 g/mol. The minimum absolute atomic E-state index is 0.0461. The fourth-order valence-electron chi connectivity index (χ4n) is 4.29. The maximum absolute atomic E-state index is 13.6. The van der Waals surface area contributed by atoms with Crippen LogP contribution in [0, 0.1) is 18.3 Å². The summed E-state index contributed by atoms with van der Waals surface area (Å²) in [5.41, 5.74) is -3.91. The maximum Gasteiger partial charge on any atom is 0.474 e. The van der Waals surface area contributed by atoms with Gasteiger partial charge in [-0.1, -0.05) is 11.6 Å². The van der Waals surface area contributed by atoms with E-state index >= 15 is 0 Å². The molecule has 1 atom stereocenters. The summed E-state index contributed by atoms with van der Waals surface area (Å²) in [6, 6.07) is 7.34. The molecule has 0 spiro atoms. The third kappa shape index (κ3) is 7.60. The van der Waals surface area contributed by atoms with Gasteiger partial charge in [-0.25, -0.2) is 13.9 Å². The molecule has 2 N–H and O–H groups in total. The standard InChI is InChI=1S/C26H20ClF6N7O4S/c1-13-8-14(11-34)9-15(21(41)37-24(5-6-24)12-45(2,44)39-23(43)26(31,32)33)19(13)36-22(42)17-10-18(25(28,29)30)38-40(17)20-16(27)4-3-7-35-20/h3-4,7-10H,5-6,12H2,1-2H3,(H,36,42)(H,37,41). The van der Waals surface area contributed by atoms with E-state index in [4.69, 9.17) is 11.6 Å². The molecular formula is C26H20ClF6N7O4S. The molecule has 0 aliphatic heterocycles. The number of aryl methyl sites for hydroxylation is 1. The smallest absolute Gasteiger partial charge is 0.346 e. The van der Waals surface area contributed by atoms with Gasteiger partial charge in [-0.3, -0.25) is 14.4 Å². The van der Waals surface area contributed by atoms with Gasteiger partial charge in [-0.05, 0) is 49.6 Å². The molecule has 2 aromatic heterocycles. The number of nitrogens with zero attached hydrogens (tertiary/aromatic N) is 5. The summed E-state index contributed by atoms with van der Waals surface area (Å²) >= 11 is 6.09. The van der Waals surface area contributed by atoms with E-state index in [0.717, 1.165) is 12.3 Å². The Morgan fingerprint density at radius 3 is 2.38 bits per heavy atom. The van der Waals surface area contributed by atoms with E-state index in [1.165, 1.54) is 31.3 Å². The highest BCUT2D eigenvalue weighted by Gasteiger charge is 2.47.